The van der Waals surface area contributed by atoms with E-state index in [4.69, 9.17) is 9.31 Å². The van der Waals surface area contributed by atoms with Gasteiger partial charge in [-0.2, -0.15) is 0 Å². The molecule has 0 N–H and O–H groups in total. The number of aryl methyl sites for hydroxylation is 2. The summed E-state index contributed by atoms with van der Waals surface area (Å²) < 4.78 is 11.8. The van der Waals surface area contributed by atoms with Crippen LogP contribution in [0.2, 0.25) is 0 Å². The van der Waals surface area contributed by atoms with E-state index in [0.29, 0.717) is 5.72 Å². The standard InChI is InChI=1S/C12H19BN2O2/c1-8-7-9(2)15-10(14-8)13-16-11(3,4)12(5,6)17-13/h7H,1-6H3. The summed E-state index contributed by atoms with van der Waals surface area (Å²) in [5.41, 5.74) is 1.78. The highest BCUT2D eigenvalue weighted by Gasteiger charge is 2.53. The van der Waals surface area contributed by atoms with E-state index in [0.717, 1.165) is 11.4 Å². The topological polar surface area (TPSA) is 44.2 Å². The van der Waals surface area contributed by atoms with Gasteiger partial charge < -0.3 is 9.31 Å². The van der Waals surface area contributed by atoms with Crippen LogP contribution < -0.4 is 5.72 Å². The number of hydrogen-bond acceptors (Lipinski definition) is 4. The van der Waals surface area contributed by atoms with Gasteiger partial charge in [0, 0.05) is 11.4 Å². The Morgan fingerprint density at radius 3 is 1.76 bits per heavy atom. The molecule has 17 heavy (non-hydrogen) atoms. The molecule has 1 aliphatic rings. The number of hydrogen-bond donors (Lipinski definition) is 0. The van der Waals surface area contributed by atoms with Crippen LogP contribution in [0.15, 0.2) is 6.07 Å². The first kappa shape index (κ1) is 12.5. The summed E-state index contributed by atoms with van der Waals surface area (Å²) in [5.74, 6) is 0. The Balaban J connectivity index is 2.32. The van der Waals surface area contributed by atoms with Crippen molar-refractivity contribution in [1.82, 2.24) is 9.97 Å². The van der Waals surface area contributed by atoms with Crippen LogP contribution >= 0.6 is 0 Å². The summed E-state index contributed by atoms with van der Waals surface area (Å²) in [6.45, 7) is 12.0. The van der Waals surface area contributed by atoms with Crippen LogP contribution in [0.3, 0.4) is 0 Å². The number of nitrogens with zero attached hydrogens (tertiary/aromatic N) is 2. The largest absolute Gasteiger partial charge is 0.534 e. The Hall–Kier alpha value is -0.935. The molecule has 1 aromatic rings. The summed E-state index contributed by atoms with van der Waals surface area (Å²) in [6, 6.07) is 1.94. The molecule has 0 unspecified atom stereocenters. The highest BCUT2D eigenvalue weighted by atomic mass is 16.7. The zero-order valence-corrected chi connectivity index (χ0v) is 11.4. The van der Waals surface area contributed by atoms with Crippen molar-refractivity contribution in [1.29, 1.82) is 0 Å². The highest BCUT2D eigenvalue weighted by Crippen LogP contribution is 2.36. The molecule has 1 aliphatic heterocycles. The molecule has 2 rings (SSSR count). The van der Waals surface area contributed by atoms with E-state index in [9.17, 15) is 0 Å². The molecule has 0 aromatic carbocycles. The fourth-order valence-electron chi connectivity index (χ4n) is 1.81. The summed E-state index contributed by atoms with van der Waals surface area (Å²) in [7, 11) is -0.474. The van der Waals surface area contributed by atoms with Gasteiger partial charge in [0.25, 0.3) is 0 Å². The van der Waals surface area contributed by atoms with Gasteiger partial charge in [0.1, 0.15) is 0 Å². The highest BCUT2D eigenvalue weighted by molar-refractivity contribution is 6.60. The minimum atomic E-state index is -0.474. The van der Waals surface area contributed by atoms with Crippen molar-refractivity contribution in [2.45, 2.75) is 52.7 Å². The molecule has 1 aromatic heterocycles. The lowest BCUT2D eigenvalue weighted by Crippen LogP contribution is -2.41. The van der Waals surface area contributed by atoms with Crippen LogP contribution in [0, 0.1) is 13.8 Å². The monoisotopic (exact) mass is 234 g/mol. The first-order chi connectivity index (χ1) is 7.71. The van der Waals surface area contributed by atoms with E-state index < -0.39 is 7.12 Å². The van der Waals surface area contributed by atoms with Crippen LogP contribution in [-0.2, 0) is 9.31 Å². The maximum Gasteiger partial charge on any atom is 0.534 e. The molecule has 2 heterocycles. The second-order valence-electron chi connectivity index (χ2n) is 5.60. The molecular weight excluding hydrogens is 215 g/mol. The molecule has 0 atom stereocenters. The van der Waals surface area contributed by atoms with Crippen molar-refractivity contribution in [2.24, 2.45) is 0 Å². The SMILES string of the molecule is Cc1cc(C)nc(B2OC(C)(C)C(C)(C)O2)n1. The van der Waals surface area contributed by atoms with Crippen molar-refractivity contribution >= 4 is 12.8 Å². The Morgan fingerprint density at radius 2 is 1.35 bits per heavy atom. The Labute approximate surface area is 103 Å². The Bertz CT molecular complexity index is 410. The Kier molecular flexibility index (Phi) is 2.79. The summed E-state index contributed by atoms with van der Waals surface area (Å²) in [4.78, 5) is 8.77. The molecule has 1 saturated heterocycles. The smallest absolute Gasteiger partial charge is 0.397 e. The predicted octanol–water partition coefficient (Wildman–Crippen LogP) is 1.39. The van der Waals surface area contributed by atoms with Crippen LogP contribution in [0.1, 0.15) is 39.1 Å². The lowest BCUT2D eigenvalue weighted by atomic mass is 9.89. The molecule has 0 amide bonds. The van der Waals surface area contributed by atoms with Crippen molar-refractivity contribution in [3.63, 3.8) is 0 Å². The second kappa shape index (κ2) is 3.78. The van der Waals surface area contributed by atoms with Gasteiger partial charge in [0.05, 0.1) is 11.2 Å². The van der Waals surface area contributed by atoms with E-state index >= 15 is 0 Å². The van der Waals surface area contributed by atoms with Gasteiger partial charge in [-0.25, -0.2) is 9.97 Å². The van der Waals surface area contributed by atoms with Crippen LogP contribution in [0.4, 0.5) is 0 Å². The molecule has 1 fully saturated rings. The molecule has 0 aliphatic carbocycles. The zero-order chi connectivity index (χ0) is 12.8. The van der Waals surface area contributed by atoms with Gasteiger partial charge in [-0.15, -0.1) is 0 Å². The zero-order valence-electron chi connectivity index (χ0n) is 11.4. The molecule has 5 heteroatoms. The molecule has 0 spiro atoms. The molecule has 0 bridgehead atoms. The first-order valence-corrected chi connectivity index (χ1v) is 5.89. The molecule has 4 nitrogen and oxygen atoms in total. The third kappa shape index (κ3) is 2.22. The van der Waals surface area contributed by atoms with E-state index in [2.05, 4.69) is 9.97 Å². The van der Waals surface area contributed by atoms with Crippen LogP contribution in [-0.4, -0.2) is 28.3 Å². The quantitative estimate of drug-likeness (QED) is 0.689. The van der Waals surface area contributed by atoms with Crippen molar-refractivity contribution in [3.8, 4) is 0 Å². The van der Waals surface area contributed by atoms with E-state index in [1.807, 2.05) is 47.6 Å². The molecule has 92 valence electrons. The van der Waals surface area contributed by atoms with Crippen LogP contribution in [0.5, 0.6) is 0 Å². The fraction of sp³-hybridized carbons (Fsp3) is 0.667. The van der Waals surface area contributed by atoms with Gasteiger partial charge >= 0.3 is 7.12 Å². The van der Waals surface area contributed by atoms with E-state index in [-0.39, 0.29) is 11.2 Å². The maximum absolute atomic E-state index is 5.91. The van der Waals surface area contributed by atoms with Gasteiger partial charge in [-0.05, 0) is 47.6 Å². The third-order valence-electron chi connectivity index (χ3n) is 3.46. The lowest BCUT2D eigenvalue weighted by Gasteiger charge is -2.32. The van der Waals surface area contributed by atoms with Crippen LogP contribution in [0.25, 0.3) is 0 Å². The maximum atomic E-state index is 5.91. The van der Waals surface area contributed by atoms with E-state index in [1.165, 1.54) is 0 Å². The summed E-state index contributed by atoms with van der Waals surface area (Å²) in [5, 5.41) is 0. The van der Waals surface area contributed by atoms with Gasteiger partial charge in [0.15, 0.2) is 5.72 Å². The summed E-state index contributed by atoms with van der Waals surface area (Å²) in [6.07, 6.45) is 0. The number of aromatic nitrogens is 2. The predicted molar refractivity (Wildman–Crippen MR) is 67.2 cm³/mol. The van der Waals surface area contributed by atoms with Gasteiger partial charge in [-0.3, -0.25) is 0 Å². The normalized spacial score (nSPS) is 21.9. The molecule has 0 radical (unpaired) electrons. The Morgan fingerprint density at radius 1 is 0.941 bits per heavy atom. The van der Waals surface area contributed by atoms with Crippen molar-refractivity contribution in [3.05, 3.63) is 17.5 Å². The van der Waals surface area contributed by atoms with Crippen molar-refractivity contribution < 1.29 is 9.31 Å². The van der Waals surface area contributed by atoms with Gasteiger partial charge in [0.2, 0.25) is 0 Å². The molecule has 0 saturated carbocycles. The number of rotatable bonds is 1. The fourth-order valence-corrected chi connectivity index (χ4v) is 1.81. The lowest BCUT2D eigenvalue weighted by molar-refractivity contribution is 0.00578. The average Bonchev–Trinajstić information content (AvgIpc) is 2.34. The molecular formula is C12H19BN2O2. The van der Waals surface area contributed by atoms with Crippen molar-refractivity contribution in [2.75, 3.05) is 0 Å². The minimum Gasteiger partial charge on any atom is -0.397 e. The summed E-state index contributed by atoms with van der Waals surface area (Å²) >= 11 is 0. The second-order valence-corrected chi connectivity index (χ2v) is 5.60. The third-order valence-corrected chi connectivity index (χ3v) is 3.46. The average molecular weight is 234 g/mol. The first-order valence-electron chi connectivity index (χ1n) is 5.89. The van der Waals surface area contributed by atoms with E-state index in [1.54, 1.807) is 0 Å². The van der Waals surface area contributed by atoms with Gasteiger partial charge in [-0.1, -0.05) is 0 Å². The minimum absolute atomic E-state index is 0.349.